The molecule has 0 saturated heterocycles. The fourth-order valence-corrected chi connectivity index (χ4v) is 4.63. The summed E-state index contributed by atoms with van der Waals surface area (Å²) in [6.45, 7) is 1.50. The minimum Gasteiger partial charge on any atom is -0.484 e. The molecule has 8 nitrogen and oxygen atoms in total. The summed E-state index contributed by atoms with van der Waals surface area (Å²) in [4.78, 5) is 33.3. The molecule has 2 bridgehead atoms. The maximum absolute atomic E-state index is 13.5. The smallest absolute Gasteiger partial charge is 0.272 e. The summed E-state index contributed by atoms with van der Waals surface area (Å²) in [6, 6.07) is 3.96. The molecule has 3 N–H and O–H groups in total. The first-order valence-corrected chi connectivity index (χ1v) is 10.8. The molecule has 3 saturated carbocycles. The number of halogens is 2. The fourth-order valence-electron chi connectivity index (χ4n) is 4.51. The molecule has 2 amide bonds. The molecular formula is C22H24ClFN4O4. The SMILES string of the molecule is Cc1cnc(C(=O)NC23CCC(NC(=O)COc4ccc(Cl)c(F)c4)(CC2)C[C@H]3O)cn1. The zero-order chi connectivity index (χ0) is 22.9. The summed E-state index contributed by atoms with van der Waals surface area (Å²) < 4.78 is 18.9. The second-order valence-corrected chi connectivity index (χ2v) is 8.97. The van der Waals surface area contributed by atoms with Crippen molar-refractivity contribution >= 4 is 23.4 Å². The summed E-state index contributed by atoms with van der Waals surface area (Å²) >= 11 is 5.64. The van der Waals surface area contributed by atoms with Crippen LogP contribution in [0.3, 0.4) is 0 Å². The lowest BCUT2D eigenvalue weighted by Crippen LogP contribution is -2.70. The molecule has 32 heavy (non-hydrogen) atoms. The van der Waals surface area contributed by atoms with Crippen LogP contribution < -0.4 is 15.4 Å². The number of aryl methyl sites for hydroxylation is 1. The van der Waals surface area contributed by atoms with Crippen molar-refractivity contribution in [1.29, 1.82) is 0 Å². The van der Waals surface area contributed by atoms with Gasteiger partial charge in [-0.05, 0) is 51.2 Å². The number of rotatable bonds is 6. The van der Waals surface area contributed by atoms with Gasteiger partial charge in [-0.3, -0.25) is 14.6 Å². The first-order chi connectivity index (χ1) is 15.2. The number of benzene rings is 1. The number of amides is 2. The number of nitrogens with zero attached hydrogens (tertiary/aromatic N) is 2. The Morgan fingerprint density at radius 3 is 2.59 bits per heavy atom. The number of aromatic nitrogens is 2. The van der Waals surface area contributed by atoms with Crippen LogP contribution >= 0.6 is 11.6 Å². The number of carbonyl (C=O) groups excluding carboxylic acids is 2. The highest BCUT2D eigenvalue weighted by Crippen LogP contribution is 2.47. The summed E-state index contributed by atoms with van der Waals surface area (Å²) in [7, 11) is 0. The minimum atomic E-state index is -0.820. The van der Waals surface area contributed by atoms with Crippen LogP contribution in [0.2, 0.25) is 5.02 Å². The third kappa shape index (κ3) is 4.54. The molecule has 10 heteroatoms. The Balaban J connectivity index is 1.34. The molecule has 0 unspecified atom stereocenters. The summed E-state index contributed by atoms with van der Waals surface area (Å²) in [5, 5.41) is 16.8. The number of hydrogen-bond donors (Lipinski definition) is 3. The van der Waals surface area contributed by atoms with E-state index in [-0.39, 0.29) is 34.9 Å². The number of hydrogen-bond acceptors (Lipinski definition) is 6. The summed E-state index contributed by atoms with van der Waals surface area (Å²) in [5.74, 6) is -1.16. The highest BCUT2D eigenvalue weighted by molar-refractivity contribution is 6.30. The molecular weight excluding hydrogens is 439 g/mol. The molecule has 2 aromatic rings. The van der Waals surface area contributed by atoms with E-state index in [0.29, 0.717) is 37.8 Å². The van der Waals surface area contributed by atoms with Crippen LogP contribution in [0.5, 0.6) is 5.75 Å². The number of aliphatic hydroxyl groups is 1. The van der Waals surface area contributed by atoms with Crippen LogP contribution in [-0.2, 0) is 4.79 Å². The van der Waals surface area contributed by atoms with Gasteiger partial charge in [-0.25, -0.2) is 9.37 Å². The van der Waals surface area contributed by atoms with Crippen molar-refractivity contribution in [3.63, 3.8) is 0 Å². The predicted octanol–water partition coefficient (Wildman–Crippen LogP) is 2.32. The van der Waals surface area contributed by atoms with Gasteiger partial charge in [0.25, 0.3) is 11.8 Å². The van der Waals surface area contributed by atoms with E-state index in [9.17, 15) is 19.1 Å². The lowest BCUT2D eigenvalue weighted by Gasteiger charge is -2.56. The van der Waals surface area contributed by atoms with E-state index >= 15 is 0 Å². The van der Waals surface area contributed by atoms with Crippen LogP contribution in [-0.4, -0.2) is 50.7 Å². The van der Waals surface area contributed by atoms with Gasteiger partial charge in [0.1, 0.15) is 17.3 Å². The van der Waals surface area contributed by atoms with Crippen LogP contribution in [0.1, 0.15) is 48.3 Å². The van der Waals surface area contributed by atoms with E-state index in [1.54, 1.807) is 6.92 Å². The molecule has 1 atom stereocenters. The molecule has 170 valence electrons. The highest BCUT2D eigenvalue weighted by atomic mass is 35.5. The van der Waals surface area contributed by atoms with Crippen molar-refractivity contribution in [2.75, 3.05) is 6.61 Å². The van der Waals surface area contributed by atoms with E-state index in [0.717, 1.165) is 6.07 Å². The Bertz CT molecular complexity index is 1030. The van der Waals surface area contributed by atoms with Crippen LogP contribution in [0.25, 0.3) is 0 Å². The fraction of sp³-hybridized carbons (Fsp3) is 0.455. The Morgan fingerprint density at radius 1 is 1.22 bits per heavy atom. The van der Waals surface area contributed by atoms with Crippen molar-refractivity contribution in [2.24, 2.45) is 0 Å². The van der Waals surface area contributed by atoms with E-state index in [2.05, 4.69) is 20.6 Å². The molecule has 3 aliphatic carbocycles. The number of ether oxygens (including phenoxy) is 1. The first-order valence-electron chi connectivity index (χ1n) is 10.4. The Hall–Kier alpha value is -2.78. The first kappa shape index (κ1) is 22.4. The van der Waals surface area contributed by atoms with Crippen molar-refractivity contribution in [3.8, 4) is 5.75 Å². The normalized spacial score (nSPS) is 26.4. The van der Waals surface area contributed by atoms with E-state index in [1.165, 1.54) is 24.5 Å². The van der Waals surface area contributed by atoms with Crippen LogP contribution in [0, 0.1) is 12.7 Å². The summed E-state index contributed by atoms with van der Waals surface area (Å²) in [5.41, 5.74) is -0.418. The van der Waals surface area contributed by atoms with Gasteiger partial charge in [-0.2, -0.15) is 0 Å². The van der Waals surface area contributed by atoms with Gasteiger partial charge in [0.15, 0.2) is 6.61 Å². The quantitative estimate of drug-likeness (QED) is 0.607. The number of carbonyl (C=O) groups is 2. The maximum Gasteiger partial charge on any atom is 0.272 e. The molecule has 1 aromatic heterocycles. The number of nitrogens with one attached hydrogen (secondary N) is 2. The molecule has 0 aliphatic heterocycles. The van der Waals surface area contributed by atoms with Gasteiger partial charge in [0.05, 0.1) is 28.6 Å². The van der Waals surface area contributed by atoms with Crippen molar-refractivity contribution < 1.29 is 23.8 Å². The predicted molar refractivity (Wildman–Crippen MR) is 114 cm³/mol. The standard InChI is InChI=1S/C22H24ClFN4O4/c1-13-10-26-17(11-25-13)20(31)28-22-6-4-21(5-7-22,9-18(22)29)27-19(30)12-32-14-2-3-15(23)16(24)8-14/h2-3,8,10-11,18,29H,4-7,9,12H2,1H3,(H,27,30)(H,28,31)/t18-,21?,22?/m1/s1. The average molecular weight is 463 g/mol. The minimum absolute atomic E-state index is 0.0240. The van der Waals surface area contributed by atoms with Crippen molar-refractivity contribution in [3.05, 3.63) is 52.8 Å². The zero-order valence-electron chi connectivity index (χ0n) is 17.5. The molecule has 0 spiro atoms. The lowest BCUT2D eigenvalue weighted by atomic mass is 9.60. The van der Waals surface area contributed by atoms with Crippen LogP contribution in [0.4, 0.5) is 4.39 Å². The highest BCUT2D eigenvalue weighted by Gasteiger charge is 2.55. The van der Waals surface area contributed by atoms with Gasteiger partial charge in [-0.15, -0.1) is 0 Å². The van der Waals surface area contributed by atoms with Crippen molar-refractivity contribution in [1.82, 2.24) is 20.6 Å². The van der Waals surface area contributed by atoms with Gasteiger partial charge in [0, 0.05) is 17.8 Å². The van der Waals surface area contributed by atoms with Gasteiger partial charge in [-0.1, -0.05) is 11.6 Å². The molecule has 3 fully saturated rings. The maximum atomic E-state index is 13.5. The Labute approximate surface area is 189 Å². The largest absolute Gasteiger partial charge is 0.484 e. The molecule has 1 aromatic carbocycles. The van der Waals surface area contributed by atoms with Gasteiger partial charge in [0.2, 0.25) is 0 Å². The lowest BCUT2D eigenvalue weighted by molar-refractivity contribution is -0.129. The Kier molecular flexibility index (Phi) is 6.05. The Morgan fingerprint density at radius 2 is 1.97 bits per heavy atom. The average Bonchev–Trinajstić information content (AvgIpc) is 2.76. The third-order valence-electron chi connectivity index (χ3n) is 6.36. The van der Waals surface area contributed by atoms with E-state index < -0.39 is 23.0 Å². The topological polar surface area (TPSA) is 113 Å². The van der Waals surface area contributed by atoms with Gasteiger partial charge < -0.3 is 20.5 Å². The molecule has 1 heterocycles. The zero-order valence-corrected chi connectivity index (χ0v) is 18.3. The second kappa shape index (κ2) is 8.63. The van der Waals surface area contributed by atoms with E-state index in [1.807, 2.05) is 0 Å². The number of fused-ring (bicyclic) bond motifs is 3. The third-order valence-corrected chi connectivity index (χ3v) is 6.67. The van der Waals surface area contributed by atoms with E-state index in [4.69, 9.17) is 16.3 Å². The molecule has 3 aliphatic rings. The summed E-state index contributed by atoms with van der Waals surface area (Å²) in [6.07, 6.45) is 4.66. The second-order valence-electron chi connectivity index (χ2n) is 8.57. The molecule has 5 rings (SSSR count). The monoisotopic (exact) mass is 462 g/mol. The van der Waals surface area contributed by atoms with Crippen molar-refractivity contribution in [2.45, 2.75) is 56.2 Å². The van der Waals surface area contributed by atoms with Crippen LogP contribution in [0.15, 0.2) is 30.6 Å². The number of aliphatic hydroxyl groups excluding tert-OH is 1. The van der Waals surface area contributed by atoms with Gasteiger partial charge >= 0.3 is 0 Å². The molecule has 0 radical (unpaired) electrons.